The molecule has 0 aromatic rings. The molecule has 166 valence electrons. The molecule has 0 saturated heterocycles. The molecule has 28 heavy (non-hydrogen) atoms. The molecular weight excluding hydrogens is 386 g/mol. The van der Waals surface area contributed by atoms with E-state index < -0.39 is 20.9 Å². The van der Waals surface area contributed by atoms with Gasteiger partial charge < -0.3 is 33.8 Å². The van der Waals surface area contributed by atoms with Gasteiger partial charge in [-0.1, -0.05) is 20.8 Å². The Morgan fingerprint density at radius 3 is 1.82 bits per heavy atom. The molecule has 0 saturated carbocycles. The van der Waals surface area contributed by atoms with Crippen LogP contribution in [0.2, 0.25) is 18.1 Å². The van der Waals surface area contributed by atoms with Crippen LogP contribution in [0.3, 0.4) is 0 Å². The predicted octanol–water partition coefficient (Wildman–Crippen LogP) is 1.28. The second-order valence-electron chi connectivity index (χ2n) is 7.68. The number of hydrogen-bond acceptors (Lipinski definition) is 7. The highest BCUT2D eigenvalue weighted by Crippen LogP contribution is 2.36. The third kappa shape index (κ3) is 14.9. The first-order chi connectivity index (χ1) is 13.1. The smallest absolute Gasteiger partial charge is 0.329 e. The van der Waals surface area contributed by atoms with Gasteiger partial charge in [0.05, 0.1) is 46.2 Å². The molecule has 0 bridgehead atoms. The maximum Gasteiger partial charge on any atom is 0.329 e. The fourth-order valence-corrected chi connectivity index (χ4v) is 2.69. The molecule has 0 spiro atoms. The van der Waals surface area contributed by atoms with Gasteiger partial charge in [-0.25, -0.2) is 4.79 Å². The summed E-state index contributed by atoms with van der Waals surface area (Å²) in [5.74, 6) is -1.49. The molecule has 0 aliphatic rings. The van der Waals surface area contributed by atoms with Crippen molar-refractivity contribution in [2.24, 2.45) is 0 Å². The van der Waals surface area contributed by atoms with E-state index in [0.29, 0.717) is 52.8 Å². The van der Waals surface area contributed by atoms with E-state index in [1.807, 2.05) is 0 Å². The number of carbonyl (C=O) groups excluding carboxylic acids is 1. The summed E-state index contributed by atoms with van der Waals surface area (Å²) in [7, 11) is -1.71. The first-order valence-electron chi connectivity index (χ1n) is 9.49. The Bertz CT molecular complexity index is 440. The minimum absolute atomic E-state index is 0.201. The highest BCUT2D eigenvalue weighted by atomic mass is 28.4. The molecule has 1 amide bonds. The highest BCUT2D eigenvalue weighted by molar-refractivity contribution is 6.74. The van der Waals surface area contributed by atoms with Gasteiger partial charge in [0.15, 0.2) is 8.32 Å². The van der Waals surface area contributed by atoms with Crippen LogP contribution in [0, 0.1) is 0 Å². The molecule has 0 heterocycles. The van der Waals surface area contributed by atoms with Crippen LogP contribution in [0.1, 0.15) is 20.8 Å². The Morgan fingerprint density at radius 2 is 1.32 bits per heavy atom. The van der Waals surface area contributed by atoms with E-state index in [4.69, 9.17) is 23.7 Å². The number of carboxylic acid groups (broad SMARTS) is 1. The molecule has 9 nitrogen and oxygen atoms in total. The van der Waals surface area contributed by atoms with E-state index in [2.05, 4.69) is 43.9 Å². The topological polar surface area (TPSA) is 113 Å². The summed E-state index contributed by atoms with van der Waals surface area (Å²) in [6.07, 6.45) is 0. The van der Waals surface area contributed by atoms with Gasteiger partial charge in [0.2, 0.25) is 5.91 Å². The lowest BCUT2D eigenvalue weighted by Crippen LogP contribution is -2.41. The highest BCUT2D eigenvalue weighted by Gasteiger charge is 2.36. The van der Waals surface area contributed by atoms with Crippen LogP contribution in [-0.2, 0) is 33.0 Å². The summed E-state index contributed by atoms with van der Waals surface area (Å²) in [6, 6.07) is 0. The van der Waals surface area contributed by atoms with Gasteiger partial charge in [-0.3, -0.25) is 4.79 Å². The van der Waals surface area contributed by atoms with E-state index in [0.717, 1.165) is 0 Å². The average Bonchev–Trinajstić information content (AvgIpc) is 2.57. The zero-order valence-electron chi connectivity index (χ0n) is 17.9. The first-order valence-corrected chi connectivity index (χ1v) is 12.4. The van der Waals surface area contributed by atoms with Crippen LogP contribution in [0.25, 0.3) is 0 Å². The number of carboxylic acids is 1. The summed E-state index contributed by atoms with van der Waals surface area (Å²) in [4.78, 5) is 21.5. The molecule has 0 rings (SSSR count). The van der Waals surface area contributed by atoms with Crippen molar-refractivity contribution in [3.8, 4) is 0 Å². The van der Waals surface area contributed by atoms with E-state index in [1.54, 1.807) is 0 Å². The zero-order chi connectivity index (χ0) is 21.5. The summed E-state index contributed by atoms with van der Waals surface area (Å²) >= 11 is 0. The number of ether oxygens (including phenoxy) is 4. The molecule has 0 radical (unpaired) electrons. The Hall–Kier alpha value is -1.04. The van der Waals surface area contributed by atoms with E-state index in [9.17, 15) is 9.59 Å². The van der Waals surface area contributed by atoms with Crippen molar-refractivity contribution >= 4 is 20.2 Å². The number of carbonyl (C=O) groups is 2. The van der Waals surface area contributed by atoms with Gasteiger partial charge in [0.1, 0.15) is 13.2 Å². The van der Waals surface area contributed by atoms with E-state index >= 15 is 0 Å². The van der Waals surface area contributed by atoms with Crippen LogP contribution in [0.15, 0.2) is 0 Å². The number of rotatable bonds is 17. The minimum Gasteiger partial charge on any atom is -0.480 e. The number of amides is 1. The molecule has 0 atom stereocenters. The summed E-state index contributed by atoms with van der Waals surface area (Å²) in [5.41, 5.74) is 0. The van der Waals surface area contributed by atoms with Crippen molar-refractivity contribution < 1.29 is 38.1 Å². The average molecular weight is 424 g/mol. The molecule has 10 heteroatoms. The van der Waals surface area contributed by atoms with Crippen molar-refractivity contribution in [3.63, 3.8) is 0 Å². The molecule has 0 aliphatic carbocycles. The first kappa shape index (κ1) is 27.0. The lowest BCUT2D eigenvalue weighted by Gasteiger charge is -2.36. The van der Waals surface area contributed by atoms with Gasteiger partial charge >= 0.3 is 5.97 Å². The van der Waals surface area contributed by atoms with Gasteiger partial charge in [-0.05, 0) is 18.1 Å². The van der Waals surface area contributed by atoms with Gasteiger partial charge in [-0.2, -0.15) is 0 Å². The van der Waals surface area contributed by atoms with E-state index in [-0.39, 0.29) is 17.6 Å². The van der Waals surface area contributed by atoms with Gasteiger partial charge in [0, 0.05) is 6.54 Å². The summed E-state index contributed by atoms with van der Waals surface area (Å²) in [5, 5.41) is 11.1. The Labute approximate surface area is 169 Å². The predicted molar refractivity (Wildman–Crippen MR) is 107 cm³/mol. The number of nitrogens with one attached hydrogen (secondary N) is 1. The fraction of sp³-hybridized carbons (Fsp3) is 0.889. The van der Waals surface area contributed by atoms with Crippen LogP contribution in [0.4, 0.5) is 0 Å². The van der Waals surface area contributed by atoms with E-state index in [1.165, 1.54) is 0 Å². The summed E-state index contributed by atoms with van der Waals surface area (Å²) < 4.78 is 26.9. The Balaban J connectivity index is 3.34. The van der Waals surface area contributed by atoms with Crippen molar-refractivity contribution in [1.29, 1.82) is 0 Å². The number of aliphatic carboxylic acids is 1. The van der Waals surface area contributed by atoms with Crippen molar-refractivity contribution in [2.75, 3.05) is 66.0 Å². The monoisotopic (exact) mass is 423 g/mol. The largest absolute Gasteiger partial charge is 0.480 e. The van der Waals surface area contributed by atoms with Crippen LogP contribution in [-0.4, -0.2) is 91.3 Å². The Morgan fingerprint density at radius 1 is 0.821 bits per heavy atom. The summed E-state index contributed by atoms with van der Waals surface area (Å²) in [6.45, 7) is 14.0. The minimum atomic E-state index is -1.71. The molecule has 0 aliphatic heterocycles. The van der Waals surface area contributed by atoms with Crippen LogP contribution in [0.5, 0.6) is 0 Å². The maximum atomic E-state index is 11.3. The van der Waals surface area contributed by atoms with Gasteiger partial charge in [-0.15, -0.1) is 0 Å². The molecule has 0 aromatic carbocycles. The standard InChI is InChI=1S/C18H37NO8Si/c1-18(2,3)28(4,5)27-13-12-25-11-10-24-9-8-23-7-6-19-16(20)14-26-15-17(21)22/h6-15H2,1-5H3,(H,19,20)(H,21,22). The third-order valence-electron chi connectivity index (χ3n) is 4.27. The molecule has 0 fully saturated rings. The SMILES string of the molecule is CC(C)(C)[Si](C)(C)OCCOCCOCCOCCNC(=O)COCC(=O)O. The van der Waals surface area contributed by atoms with Crippen LogP contribution >= 0.6 is 0 Å². The second-order valence-corrected chi connectivity index (χ2v) is 12.5. The molecular formula is C18H37NO8Si. The maximum absolute atomic E-state index is 11.3. The normalized spacial score (nSPS) is 12.2. The lowest BCUT2D eigenvalue weighted by molar-refractivity contribution is -0.143. The zero-order valence-corrected chi connectivity index (χ0v) is 18.9. The third-order valence-corrected chi connectivity index (χ3v) is 8.81. The molecule has 0 aromatic heterocycles. The quantitative estimate of drug-likeness (QED) is 0.266. The second kappa shape index (κ2) is 14.9. The van der Waals surface area contributed by atoms with Crippen molar-refractivity contribution in [2.45, 2.75) is 38.9 Å². The van der Waals surface area contributed by atoms with Crippen molar-refractivity contribution in [3.05, 3.63) is 0 Å². The fourth-order valence-electron chi connectivity index (χ4n) is 1.66. The Kier molecular flexibility index (Phi) is 14.3. The lowest BCUT2D eigenvalue weighted by atomic mass is 10.2. The van der Waals surface area contributed by atoms with Gasteiger partial charge in [0.25, 0.3) is 0 Å². The number of hydrogen-bond donors (Lipinski definition) is 2. The van der Waals surface area contributed by atoms with Crippen molar-refractivity contribution in [1.82, 2.24) is 5.32 Å². The van der Waals surface area contributed by atoms with Crippen LogP contribution < -0.4 is 5.32 Å². The molecule has 2 N–H and O–H groups in total. The molecule has 0 unspecified atom stereocenters.